The van der Waals surface area contributed by atoms with E-state index in [0.717, 1.165) is 63.0 Å². The normalized spacial score (nSPS) is 24.7. The highest BCUT2D eigenvalue weighted by Gasteiger charge is 2.48. The number of hydrogen-bond acceptors (Lipinski definition) is 4. The van der Waals surface area contributed by atoms with Gasteiger partial charge in [0.1, 0.15) is 11.5 Å². The molecule has 0 N–H and O–H groups in total. The fourth-order valence-corrected chi connectivity index (χ4v) is 5.65. The second-order valence-corrected chi connectivity index (χ2v) is 12.0. The third-order valence-corrected chi connectivity index (χ3v) is 7.31. The van der Waals surface area contributed by atoms with E-state index in [9.17, 15) is 9.59 Å². The Balaban J connectivity index is 1.22. The summed E-state index contributed by atoms with van der Waals surface area (Å²) in [7, 11) is 2.02. The van der Waals surface area contributed by atoms with Crippen molar-refractivity contribution < 1.29 is 14.0 Å². The Kier molecular flexibility index (Phi) is 6.45. The number of likely N-dealkylation sites (N-methyl/N-ethyl adjacent to an activating group) is 1. The third-order valence-electron chi connectivity index (χ3n) is 7.31. The van der Waals surface area contributed by atoms with Gasteiger partial charge in [-0.2, -0.15) is 0 Å². The molecule has 1 aliphatic carbocycles. The minimum atomic E-state index is 0.103. The Labute approximate surface area is 193 Å². The van der Waals surface area contributed by atoms with Crippen LogP contribution in [0.25, 0.3) is 0 Å². The van der Waals surface area contributed by atoms with Crippen LogP contribution in [0.5, 0.6) is 0 Å². The molecule has 6 nitrogen and oxygen atoms in total. The van der Waals surface area contributed by atoms with Crippen molar-refractivity contribution in [1.29, 1.82) is 0 Å². The Morgan fingerprint density at radius 1 is 1.16 bits per heavy atom. The van der Waals surface area contributed by atoms with Crippen molar-refractivity contribution in [2.45, 2.75) is 65.7 Å². The molecule has 1 aromatic heterocycles. The predicted octanol–water partition coefficient (Wildman–Crippen LogP) is 3.76. The van der Waals surface area contributed by atoms with Gasteiger partial charge in [-0.15, -0.1) is 0 Å². The number of aryl methyl sites for hydroxylation is 1. The van der Waals surface area contributed by atoms with Crippen LogP contribution in [0.4, 0.5) is 0 Å². The van der Waals surface area contributed by atoms with Gasteiger partial charge in [0.2, 0.25) is 11.8 Å². The maximum Gasteiger partial charge on any atom is 0.236 e. The van der Waals surface area contributed by atoms with E-state index in [2.05, 4.69) is 38.7 Å². The molecule has 32 heavy (non-hydrogen) atoms. The molecule has 2 amide bonds. The highest BCUT2D eigenvalue weighted by atomic mass is 16.3. The summed E-state index contributed by atoms with van der Waals surface area (Å²) in [6, 6.07) is 4.13. The summed E-state index contributed by atoms with van der Waals surface area (Å²) in [6.45, 7) is 13.4. The van der Waals surface area contributed by atoms with Gasteiger partial charge in [-0.25, -0.2) is 0 Å². The average Bonchev–Trinajstić information content (AvgIpc) is 3.22. The Bertz CT molecular complexity index is 834. The number of carbonyl (C=O) groups is 2. The molecule has 2 unspecified atom stereocenters. The first-order valence-corrected chi connectivity index (χ1v) is 12.4. The zero-order chi connectivity index (χ0) is 23.1. The number of carbonyl (C=O) groups excluding carboxylic acids is 2. The molecule has 1 saturated carbocycles. The zero-order valence-corrected chi connectivity index (χ0v) is 20.7. The van der Waals surface area contributed by atoms with Gasteiger partial charge in [-0.1, -0.05) is 27.7 Å². The van der Waals surface area contributed by atoms with Crippen LogP contribution in [0.15, 0.2) is 16.5 Å². The monoisotopic (exact) mass is 443 g/mol. The maximum absolute atomic E-state index is 12.9. The van der Waals surface area contributed by atoms with Gasteiger partial charge >= 0.3 is 0 Å². The number of amides is 2. The molecule has 4 rings (SSSR count). The largest absolute Gasteiger partial charge is 0.466 e. The van der Waals surface area contributed by atoms with Crippen molar-refractivity contribution in [3.63, 3.8) is 0 Å². The molecule has 178 valence electrons. The van der Waals surface area contributed by atoms with Crippen molar-refractivity contribution in [2.75, 3.05) is 46.3 Å². The van der Waals surface area contributed by atoms with Gasteiger partial charge in [0, 0.05) is 56.9 Å². The maximum atomic E-state index is 12.9. The zero-order valence-electron chi connectivity index (χ0n) is 20.7. The summed E-state index contributed by atoms with van der Waals surface area (Å²) in [4.78, 5) is 31.7. The minimum absolute atomic E-state index is 0.103. The molecule has 3 fully saturated rings. The quantitative estimate of drug-likeness (QED) is 0.644. The van der Waals surface area contributed by atoms with Crippen molar-refractivity contribution in [3.05, 3.63) is 23.7 Å². The average molecular weight is 444 g/mol. The molecular weight excluding hydrogens is 402 g/mol. The van der Waals surface area contributed by atoms with Gasteiger partial charge in [-0.05, 0) is 49.8 Å². The van der Waals surface area contributed by atoms with E-state index in [1.54, 1.807) is 0 Å². The van der Waals surface area contributed by atoms with E-state index < -0.39 is 0 Å². The number of furan rings is 1. The smallest absolute Gasteiger partial charge is 0.236 e. The van der Waals surface area contributed by atoms with Gasteiger partial charge < -0.3 is 14.2 Å². The van der Waals surface area contributed by atoms with E-state index in [1.807, 2.05) is 22.9 Å². The Hall–Kier alpha value is -1.82. The van der Waals surface area contributed by atoms with E-state index in [4.69, 9.17) is 4.42 Å². The number of nitrogens with zero attached hydrogens (tertiary/aromatic N) is 3. The van der Waals surface area contributed by atoms with E-state index in [-0.39, 0.29) is 22.6 Å². The standard InChI is InChI=1S/C26H41N3O3/c1-19-13-21(19)22-9-7-20(32-22)8-10-23(30)28-12-6-11-26(16-28)17-29(18-26)24(31)14-27(5)15-25(2,3)4/h7,9,19,21H,6,8,10-18H2,1-5H3. The van der Waals surface area contributed by atoms with Crippen LogP contribution < -0.4 is 0 Å². The van der Waals surface area contributed by atoms with Crippen LogP contribution in [-0.4, -0.2) is 72.8 Å². The number of likely N-dealkylation sites (tertiary alicyclic amines) is 2. The van der Waals surface area contributed by atoms with Crippen LogP contribution in [0, 0.1) is 16.7 Å². The lowest BCUT2D eigenvalue weighted by atomic mass is 9.73. The minimum Gasteiger partial charge on any atom is -0.466 e. The lowest BCUT2D eigenvalue weighted by Gasteiger charge is -2.54. The lowest BCUT2D eigenvalue weighted by molar-refractivity contribution is -0.152. The van der Waals surface area contributed by atoms with Gasteiger partial charge in [0.05, 0.1) is 6.54 Å². The molecule has 3 aliphatic rings. The molecule has 0 aromatic carbocycles. The van der Waals surface area contributed by atoms with E-state index in [0.29, 0.717) is 25.3 Å². The summed E-state index contributed by atoms with van der Waals surface area (Å²) in [5, 5.41) is 0. The van der Waals surface area contributed by atoms with Gasteiger partial charge in [-0.3, -0.25) is 14.5 Å². The molecule has 0 radical (unpaired) electrons. The summed E-state index contributed by atoms with van der Waals surface area (Å²) in [5.74, 6) is 3.76. The molecule has 2 aliphatic heterocycles. The van der Waals surface area contributed by atoms with Crippen molar-refractivity contribution in [1.82, 2.24) is 14.7 Å². The highest BCUT2D eigenvalue weighted by molar-refractivity contribution is 5.79. The van der Waals surface area contributed by atoms with Crippen LogP contribution in [0.1, 0.15) is 70.8 Å². The van der Waals surface area contributed by atoms with Crippen LogP contribution in [-0.2, 0) is 16.0 Å². The van der Waals surface area contributed by atoms with Crippen LogP contribution in [0.2, 0.25) is 0 Å². The van der Waals surface area contributed by atoms with Crippen LogP contribution in [0.3, 0.4) is 0 Å². The third kappa shape index (κ3) is 5.56. The first-order chi connectivity index (χ1) is 15.0. The highest BCUT2D eigenvalue weighted by Crippen LogP contribution is 2.47. The molecule has 1 aromatic rings. The Morgan fingerprint density at radius 3 is 2.50 bits per heavy atom. The lowest BCUT2D eigenvalue weighted by Crippen LogP contribution is -2.65. The van der Waals surface area contributed by atoms with Gasteiger partial charge in [0.15, 0.2) is 0 Å². The van der Waals surface area contributed by atoms with Crippen molar-refractivity contribution in [3.8, 4) is 0 Å². The number of piperidine rings is 1. The molecule has 0 bridgehead atoms. The first-order valence-electron chi connectivity index (χ1n) is 12.4. The summed E-state index contributed by atoms with van der Waals surface area (Å²) in [5.41, 5.74) is 0.287. The summed E-state index contributed by atoms with van der Waals surface area (Å²) < 4.78 is 5.97. The molecule has 2 atom stereocenters. The Morgan fingerprint density at radius 2 is 1.84 bits per heavy atom. The fourth-order valence-electron chi connectivity index (χ4n) is 5.65. The topological polar surface area (TPSA) is 57.0 Å². The molecule has 6 heteroatoms. The second kappa shape index (κ2) is 8.85. The molecular formula is C26H41N3O3. The first kappa shape index (κ1) is 23.3. The fraction of sp³-hybridized carbons (Fsp3) is 0.769. The molecule has 1 spiro atoms. The molecule has 2 saturated heterocycles. The summed E-state index contributed by atoms with van der Waals surface area (Å²) >= 11 is 0. The molecule has 3 heterocycles. The number of hydrogen-bond donors (Lipinski definition) is 0. The van der Waals surface area contributed by atoms with Crippen LogP contribution >= 0.6 is 0 Å². The predicted molar refractivity (Wildman–Crippen MR) is 125 cm³/mol. The summed E-state index contributed by atoms with van der Waals surface area (Å²) in [6.07, 6.45) is 4.54. The SMILES string of the molecule is CC1CC1c1ccc(CCC(=O)N2CCCC3(C2)CN(C(=O)CN(C)CC(C)(C)C)C3)o1. The van der Waals surface area contributed by atoms with E-state index >= 15 is 0 Å². The number of rotatable bonds is 7. The second-order valence-electron chi connectivity index (χ2n) is 12.0. The van der Waals surface area contributed by atoms with E-state index in [1.165, 1.54) is 6.42 Å². The van der Waals surface area contributed by atoms with Crippen molar-refractivity contribution >= 4 is 11.8 Å². The van der Waals surface area contributed by atoms with Crippen molar-refractivity contribution in [2.24, 2.45) is 16.7 Å². The van der Waals surface area contributed by atoms with Gasteiger partial charge in [0.25, 0.3) is 0 Å².